The van der Waals surface area contributed by atoms with Gasteiger partial charge in [0.1, 0.15) is 11.0 Å². The van der Waals surface area contributed by atoms with Gasteiger partial charge in [0, 0.05) is 6.54 Å². The van der Waals surface area contributed by atoms with Crippen molar-refractivity contribution in [3.63, 3.8) is 0 Å². The summed E-state index contributed by atoms with van der Waals surface area (Å²) < 4.78 is 12.9. The van der Waals surface area contributed by atoms with Crippen molar-refractivity contribution in [2.24, 2.45) is 5.92 Å². The standard InChI is InChI=1S/C11H14ClFN2O2/c1-6(2)9(16)5-15-11(17)8-3-7(13)4-14-10(8)12/h3-4,6,9,16H,5H2,1-2H3,(H,15,17). The first-order valence-electron chi connectivity index (χ1n) is 5.19. The molecule has 4 nitrogen and oxygen atoms in total. The highest BCUT2D eigenvalue weighted by Crippen LogP contribution is 2.13. The fourth-order valence-electron chi connectivity index (χ4n) is 1.11. The molecule has 0 aromatic carbocycles. The molecule has 17 heavy (non-hydrogen) atoms. The quantitative estimate of drug-likeness (QED) is 0.809. The molecule has 0 radical (unpaired) electrons. The number of aliphatic hydroxyl groups is 1. The third kappa shape index (κ3) is 3.94. The Balaban J connectivity index is 2.67. The molecule has 0 aliphatic heterocycles. The van der Waals surface area contributed by atoms with Crippen molar-refractivity contribution >= 4 is 17.5 Å². The molecule has 2 N–H and O–H groups in total. The number of aromatic nitrogens is 1. The zero-order valence-electron chi connectivity index (χ0n) is 9.58. The lowest BCUT2D eigenvalue weighted by atomic mass is 10.1. The molecule has 0 saturated heterocycles. The number of carbonyl (C=O) groups excluding carboxylic acids is 1. The monoisotopic (exact) mass is 260 g/mol. The molecule has 1 unspecified atom stereocenters. The lowest BCUT2D eigenvalue weighted by Crippen LogP contribution is -2.34. The number of hydrogen-bond donors (Lipinski definition) is 2. The first kappa shape index (κ1) is 13.9. The number of hydrogen-bond acceptors (Lipinski definition) is 3. The van der Waals surface area contributed by atoms with E-state index in [-0.39, 0.29) is 23.2 Å². The Hall–Kier alpha value is -1.20. The summed E-state index contributed by atoms with van der Waals surface area (Å²) in [5.74, 6) is -1.16. The van der Waals surface area contributed by atoms with Gasteiger partial charge in [-0.15, -0.1) is 0 Å². The molecule has 1 atom stereocenters. The van der Waals surface area contributed by atoms with E-state index in [2.05, 4.69) is 10.3 Å². The highest BCUT2D eigenvalue weighted by Gasteiger charge is 2.15. The maximum atomic E-state index is 12.9. The summed E-state index contributed by atoms with van der Waals surface area (Å²) >= 11 is 5.67. The van der Waals surface area contributed by atoms with Gasteiger partial charge in [0.2, 0.25) is 0 Å². The van der Waals surface area contributed by atoms with Crippen molar-refractivity contribution in [2.75, 3.05) is 6.54 Å². The predicted octanol–water partition coefficient (Wildman–Crippen LogP) is 1.62. The van der Waals surface area contributed by atoms with Gasteiger partial charge in [-0.25, -0.2) is 9.37 Å². The molecule has 1 amide bonds. The largest absolute Gasteiger partial charge is 0.391 e. The summed E-state index contributed by atoms with van der Waals surface area (Å²) in [6.45, 7) is 3.74. The van der Waals surface area contributed by atoms with E-state index in [1.54, 1.807) is 0 Å². The van der Waals surface area contributed by atoms with Gasteiger partial charge in [0.25, 0.3) is 5.91 Å². The minimum atomic E-state index is -0.653. The van der Waals surface area contributed by atoms with E-state index in [0.29, 0.717) is 0 Å². The van der Waals surface area contributed by atoms with Crippen LogP contribution >= 0.6 is 11.6 Å². The van der Waals surface area contributed by atoms with E-state index in [4.69, 9.17) is 11.6 Å². The SMILES string of the molecule is CC(C)C(O)CNC(=O)c1cc(F)cnc1Cl. The third-order valence-electron chi connectivity index (χ3n) is 2.29. The van der Waals surface area contributed by atoms with Gasteiger partial charge in [-0.1, -0.05) is 25.4 Å². The van der Waals surface area contributed by atoms with Crippen LogP contribution < -0.4 is 5.32 Å². The van der Waals surface area contributed by atoms with Crippen molar-refractivity contribution in [3.05, 3.63) is 28.8 Å². The Labute approximate surface area is 104 Å². The number of halogens is 2. The van der Waals surface area contributed by atoms with E-state index in [1.807, 2.05) is 13.8 Å². The van der Waals surface area contributed by atoms with Crippen molar-refractivity contribution in [1.82, 2.24) is 10.3 Å². The summed E-state index contributed by atoms with van der Waals surface area (Å²) in [5, 5.41) is 11.9. The summed E-state index contributed by atoms with van der Waals surface area (Å²) in [4.78, 5) is 15.2. The van der Waals surface area contributed by atoms with Crippen LogP contribution in [0.4, 0.5) is 4.39 Å². The smallest absolute Gasteiger partial charge is 0.254 e. The lowest BCUT2D eigenvalue weighted by molar-refractivity contribution is 0.0871. The number of nitrogens with one attached hydrogen (secondary N) is 1. The Morgan fingerprint density at radius 1 is 1.65 bits per heavy atom. The van der Waals surface area contributed by atoms with Gasteiger partial charge in [-0.05, 0) is 12.0 Å². The molecular formula is C11H14ClFN2O2. The van der Waals surface area contributed by atoms with E-state index >= 15 is 0 Å². The molecule has 1 heterocycles. The molecule has 6 heteroatoms. The number of carbonyl (C=O) groups is 1. The predicted molar refractivity (Wildman–Crippen MR) is 62.4 cm³/mol. The second kappa shape index (κ2) is 5.93. The van der Waals surface area contributed by atoms with Crippen molar-refractivity contribution in [2.45, 2.75) is 20.0 Å². The number of rotatable bonds is 4. The summed E-state index contributed by atoms with van der Waals surface area (Å²) in [6.07, 6.45) is 0.279. The molecule has 0 aliphatic carbocycles. The Morgan fingerprint density at radius 2 is 2.29 bits per heavy atom. The van der Waals surface area contributed by atoms with Crippen LogP contribution in [0.15, 0.2) is 12.3 Å². The highest BCUT2D eigenvalue weighted by molar-refractivity contribution is 6.32. The second-order valence-corrected chi connectivity index (χ2v) is 4.37. The number of nitrogens with zero attached hydrogens (tertiary/aromatic N) is 1. The fourth-order valence-corrected chi connectivity index (χ4v) is 1.30. The minimum absolute atomic E-state index is 0.0245. The van der Waals surface area contributed by atoms with Gasteiger partial charge in [0.15, 0.2) is 0 Å². The molecule has 1 aromatic rings. The van der Waals surface area contributed by atoms with Crippen LogP contribution in [0.5, 0.6) is 0 Å². The molecular weight excluding hydrogens is 247 g/mol. The first-order valence-corrected chi connectivity index (χ1v) is 5.57. The van der Waals surface area contributed by atoms with Gasteiger partial charge < -0.3 is 10.4 Å². The molecule has 0 bridgehead atoms. The zero-order valence-corrected chi connectivity index (χ0v) is 10.3. The third-order valence-corrected chi connectivity index (χ3v) is 2.59. The number of pyridine rings is 1. The fraction of sp³-hybridized carbons (Fsp3) is 0.455. The van der Waals surface area contributed by atoms with E-state index in [0.717, 1.165) is 12.3 Å². The minimum Gasteiger partial charge on any atom is -0.391 e. The molecule has 1 rings (SSSR count). The van der Waals surface area contributed by atoms with Gasteiger partial charge in [0.05, 0.1) is 17.9 Å². The molecule has 0 aliphatic rings. The van der Waals surface area contributed by atoms with Crippen molar-refractivity contribution in [1.29, 1.82) is 0 Å². The van der Waals surface area contributed by atoms with Crippen molar-refractivity contribution < 1.29 is 14.3 Å². The number of aliphatic hydroxyl groups excluding tert-OH is 1. The maximum Gasteiger partial charge on any atom is 0.254 e. The molecule has 0 fully saturated rings. The number of amides is 1. The lowest BCUT2D eigenvalue weighted by Gasteiger charge is -2.15. The topological polar surface area (TPSA) is 62.2 Å². The van der Waals surface area contributed by atoms with Gasteiger partial charge >= 0.3 is 0 Å². The molecule has 1 aromatic heterocycles. The van der Waals surface area contributed by atoms with Crippen LogP contribution in [-0.2, 0) is 0 Å². The van der Waals surface area contributed by atoms with Crippen LogP contribution in [0.1, 0.15) is 24.2 Å². The average molecular weight is 261 g/mol. The highest BCUT2D eigenvalue weighted by atomic mass is 35.5. The second-order valence-electron chi connectivity index (χ2n) is 4.01. The van der Waals surface area contributed by atoms with E-state index < -0.39 is 17.8 Å². The van der Waals surface area contributed by atoms with Crippen LogP contribution in [-0.4, -0.2) is 28.6 Å². The molecule has 0 saturated carbocycles. The van der Waals surface area contributed by atoms with Gasteiger partial charge in [-0.2, -0.15) is 0 Å². The Bertz CT molecular complexity index is 412. The van der Waals surface area contributed by atoms with Gasteiger partial charge in [-0.3, -0.25) is 4.79 Å². The van der Waals surface area contributed by atoms with Crippen LogP contribution in [0.2, 0.25) is 5.15 Å². The first-order chi connectivity index (χ1) is 7.91. The Kier molecular flexibility index (Phi) is 4.84. The Morgan fingerprint density at radius 3 is 2.88 bits per heavy atom. The van der Waals surface area contributed by atoms with E-state index in [9.17, 15) is 14.3 Å². The van der Waals surface area contributed by atoms with Crippen LogP contribution in [0.3, 0.4) is 0 Å². The maximum absolute atomic E-state index is 12.9. The normalized spacial score (nSPS) is 12.6. The average Bonchev–Trinajstić information content (AvgIpc) is 2.28. The molecule has 94 valence electrons. The molecule has 0 spiro atoms. The summed E-state index contributed by atoms with van der Waals surface area (Å²) in [6, 6.07) is 1.01. The van der Waals surface area contributed by atoms with E-state index in [1.165, 1.54) is 0 Å². The van der Waals surface area contributed by atoms with Crippen LogP contribution in [0, 0.1) is 11.7 Å². The van der Waals surface area contributed by atoms with Crippen molar-refractivity contribution in [3.8, 4) is 0 Å². The van der Waals surface area contributed by atoms with Crippen LogP contribution in [0.25, 0.3) is 0 Å². The zero-order chi connectivity index (χ0) is 13.0. The summed E-state index contributed by atoms with van der Waals surface area (Å²) in [7, 11) is 0. The summed E-state index contributed by atoms with van der Waals surface area (Å²) in [5.41, 5.74) is -0.0392.